The van der Waals surface area contributed by atoms with Crippen LogP contribution in [0.2, 0.25) is 5.02 Å². The standard InChI is InChI=1S/C20H19ClN2O4/c1-3-27-20(25)18-16(14-6-4-5-7-15(14)21)17(22-23-18)19(24)12-8-10-13(26-2)11-9-12/h4-11,16,18,23H,3H2,1-2H3. The predicted octanol–water partition coefficient (Wildman–Crippen LogP) is 3.21. The number of methoxy groups -OCH3 is 1. The summed E-state index contributed by atoms with van der Waals surface area (Å²) in [5, 5.41) is 4.62. The Morgan fingerprint density at radius 2 is 1.85 bits per heavy atom. The van der Waals surface area contributed by atoms with Crippen LogP contribution in [0.3, 0.4) is 0 Å². The molecule has 0 fully saturated rings. The molecule has 0 radical (unpaired) electrons. The molecule has 2 aromatic rings. The number of hydrogen-bond acceptors (Lipinski definition) is 6. The Labute approximate surface area is 162 Å². The monoisotopic (exact) mass is 386 g/mol. The summed E-state index contributed by atoms with van der Waals surface area (Å²) in [6.45, 7) is 1.95. The van der Waals surface area contributed by atoms with E-state index in [4.69, 9.17) is 21.1 Å². The molecule has 27 heavy (non-hydrogen) atoms. The molecule has 0 saturated heterocycles. The summed E-state index contributed by atoms with van der Waals surface area (Å²) < 4.78 is 10.3. The highest BCUT2D eigenvalue weighted by atomic mass is 35.5. The van der Waals surface area contributed by atoms with E-state index in [0.717, 1.165) is 0 Å². The van der Waals surface area contributed by atoms with Gasteiger partial charge in [0, 0.05) is 10.6 Å². The number of hydrogen-bond donors (Lipinski definition) is 1. The molecule has 6 nitrogen and oxygen atoms in total. The van der Waals surface area contributed by atoms with Gasteiger partial charge in [0.25, 0.3) is 0 Å². The first kappa shape index (κ1) is 18.9. The van der Waals surface area contributed by atoms with Crippen LogP contribution in [-0.4, -0.2) is 37.2 Å². The summed E-state index contributed by atoms with van der Waals surface area (Å²) >= 11 is 6.34. The van der Waals surface area contributed by atoms with Gasteiger partial charge in [-0.05, 0) is 42.8 Å². The molecule has 2 atom stereocenters. The average Bonchev–Trinajstić information content (AvgIpc) is 3.13. The highest BCUT2D eigenvalue weighted by Gasteiger charge is 2.42. The molecule has 1 aliphatic rings. The van der Waals surface area contributed by atoms with Gasteiger partial charge in [0.2, 0.25) is 5.78 Å². The summed E-state index contributed by atoms with van der Waals surface area (Å²) in [4.78, 5) is 25.5. The molecular weight excluding hydrogens is 368 g/mol. The normalized spacial score (nSPS) is 18.4. The van der Waals surface area contributed by atoms with Gasteiger partial charge in [-0.15, -0.1) is 0 Å². The maximum Gasteiger partial charge on any atom is 0.331 e. The fourth-order valence-electron chi connectivity index (χ4n) is 3.00. The zero-order valence-electron chi connectivity index (χ0n) is 14.9. The van der Waals surface area contributed by atoms with Gasteiger partial charge in [0.05, 0.1) is 19.6 Å². The minimum absolute atomic E-state index is 0.214. The van der Waals surface area contributed by atoms with Gasteiger partial charge < -0.3 is 9.47 Å². The van der Waals surface area contributed by atoms with Crippen LogP contribution >= 0.6 is 11.6 Å². The average molecular weight is 387 g/mol. The molecule has 0 aromatic heterocycles. The van der Waals surface area contributed by atoms with Gasteiger partial charge in [0.15, 0.2) is 6.04 Å². The SMILES string of the molecule is CCOC(=O)C1NN=C(C(=O)c2ccc(OC)cc2)C1c1ccccc1Cl. The number of carbonyl (C=O) groups is 2. The molecule has 0 aliphatic carbocycles. The molecule has 1 N–H and O–H groups in total. The quantitative estimate of drug-likeness (QED) is 0.609. The minimum atomic E-state index is -0.818. The van der Waals surface area contributed by atoms with Crippen LogP contribution in [0.4, 0.5) is 0 Å². The van der Waals surface area contributed by atoms with Gasteiger partial charge in [-0.2, -0.15) is 5.10 Å². The lowest BCUT2D eigenvalue weighted by Gasteiger charge is -2.20. The Bertz CT molecular complexity index is 880. The third kappa shape index (κ3) is 3.80. The largest absolute Gasteiger partial charge is 0.497 e. The van der Waals surface area contributed by atoms with E-state index in [1.54, 1.807) is 62.6 Å². The van der Waals surface area contributed by atoms with E-state index in [9.17, 15) is 9.59 Å². The Morgan fingerprint density at radius 1 is 1.15 bits per heavy atom. The summed E-state index contributed by atoms with van der Waals surface area (Å²) in [5.41, 5.74) is 4.05. The third-order valence-corrected chi connectivity index (χ3v) is 4.66. The number of nitrogens with one attached hydrogen (secondary N) is 1. The van der Waals surface area contributed by atoms with Gasteiger partial charge in [-0.1, -0.05) is 29.8 Å². The smallest absolute Gasteiger partial charge is 0.331 e. The highest BCUT2D eigenvalue weighted by molar-refractivity contribution is 6.49. The minimum Gasteiger partial charge on any atom is -0.497 e. The van der Waals surface area contributed by atoms with Crippen molar-refractivity contribution >= 4 is 29.1 Å². The van der Waals surface area contributed by atoms with Crippen LogP contribution in [0.1, 0.15) is 28.8 Å². The van der Waals surface area contributed by atoms with Crippen LogP contribution in [0, 0.1) is 0 Å². The van der Waals surface area contributed by atoms with Crippen molar-refractivity contribution in [3.63, 3.8) is 0 Å². The Morgan fingerprint density at radius 3 is 2.48 bits per heavy atom. The van der Waals surface area contributed by atoms with Gasteiger partial charge >= 0.3 is 5.97 Å². The topological polar surface area (TPSA) is 77.0 Å². The Kier molecular flexibility index (Phi) is 5.76. The van der Waals surface area contributed by atoms with E-state index in [1.165, 1.54) is 0 Å². The molecule has 0 amide bonds. The van der Waals surface area contributed by atoms with E-state index in [1.807, 2.05) is 0 Å². The van der Waals surface area contributed by atoms with Gasteiger partial charge in [-0.25, -0.2) is 4.79 Å². The van der Waals surface area contributed by atoms with Crippen LogP contribution in [-0.2, 0) is 9.53 Å². The molecule has 0 saturated carbocycles. The van der Waals surface area contributed by atoms with Crippen molar-refractivity contribution in [3.05, 3.63) is 64.7 Å². The number of carbonyl (C=O) groups excluding carboxylic acids is 2. The van der Waals surface area contributed by atoms with Crippen molar-refractivity contribution in [2.45, 2.75) is 18.9 Å². The molecule has 1 aliphatic heterocycles. The Hall–Kier alpha value is -2.86. The molecule has 1 heterocycles. The second-order valence-corrected chi connectivity index (χ2v) is 6.32. The first-order valence-electron chi connectivity index (χ1n) is 8.49. The predicted molar refractivity (Wildman–Crippen MR) is 103 cm³/mol. The first-order valence-corrected chi connectivity index (χ1v) is 8.87. The van der Waals surface area contributed by atoms with Crippen LogP contribution in [0.5, 0.6) is 5.75 Å². The lowest BCUT2D eigenvalue weighted by molar-refractivity contribution is -0.145. The van der Waals surface area contributed by atoms with Crippen molar-refractivity contribution in [1.29, 1.82) is 0 Å². The summed E-state index contributed by atoms with van der Waals surface area (Å²) in [7, 11) is 1.55. The number of ketones is 1. The van der Waals surface area contributed by atoms with Crippen molar-refractivity contribution in [2.75, 3.05) is 13.7 Å². The lowest BCUT2D eigenvalue weighted by atomic mass is 9.85. The summed E-state index contributed by atoms with van der Waals surface area (Å²) in [6.07, 6.45) is 0. The van der Waals surface area contributed by atoms with Crippen molar-refractivity contribution in [1.82, 2.24) is 5.43 Å². The molecule has 0 spiro atoms. The number of hydrazone groups is 1. The molecular formula is C20H19ClN2O4. The fraction of sp³-hybridized carbons (Fsp3) is 0.250. The summed E-state index contributed by atoms with van der Waals surface area (Å²) in [6, 6.07) is 13.0. The number of halogens is 1. The van der Waals surface area contributed by atoms with E-state index < -0.39 is 17.9 Å². The molecule has 0 bridgehead atoms. The number of ether oxygens (including phenoxy) is 2. The van der Waals surface area contributed by atoms with E-state index in [0.29, 0.717) is 21.9 Å². The zero-order valence-corrected chi connectivity index (χ0v) is 15.7. The second-order valence-electron chi connectivity index (χ2n) is 5.91. The zero-order chi connectivity index (χ0) is 19.4. The van der Waals surface area contributed by atoms with Gasteiger partial charge in [-0.3, -0.25) is 10.2 Å². The number of Topliss-reactive ketones (excluding diaryl/α,β-unsaturated/α-hetero) is 1. The molecule has 140 valence electrons. The number of benzene rings is 2. The molecule has 7 heteroatoms. The molecule has 2 aromatic carbocycles. The van der Waals surface area contributed by atoms with Crippen LogP contribution in [0.15, 0.2) is 53.6 Å². The number of nitrogens with zero attached hydrogens (tertiary/aromatic N) is 1. The maximum absolute atomic E-state index is 13.1. The fourth-order valence-corrected chi connectivity index (χ4v) is 3.25. The molecule has 3 rings (SSSR count). The highest BCUT2D eigenvalue weighted by Crippen LogP contribution is 2.33. The maximum atomic E-state index is 13.1. The van der Waals surface area contributed by atoms with Crippen molar-refractivity contribution < 1.29 is 19.1 Å². The second kappa shape index (κ2) is 8.22. The van der Waals surface area contributed by atoms with Crippen LogP contribution in [0.25, 0.3) is 0 Å². The lowest BCUT2D eigenvalue weighted by Crippen LogP contribution is -2.38. The van der Waals surface area contributed by atoms with Crippen molar-refractivity contribution in [3.8, 4) is 5.75 Å². The number of esters is 1. The van der Waals surface area contributed by atoms with Crippen LogP contribution < -0.4 is 10.2 Å². The first-order chi connectivity index (χ1) is 13.1. The number of rotatable bonds is 6. The van der Waals surface area contributed by atoms with E-state index in [-0.39, 0.29) is 18.1 Å². The summed E-state index contributed by atoms with van der Waals surface area (Å²) in [5.74, 6) is -0.775. The third-order valence-electron chi connectivity index (χ3n) is 4.32. The van der Waals surface area contributed by atoms with Gasteiger partial charge in [0.1, 0.15) is 11.5 Å². The molecule has 2 unspecified atom stereocenters. The van der Waals surface area contributed by atoms with E-state index >= 15 is 0 Å². The Balaban J connectivity index is 1.98. The van der Waals surface area contributed by atoms with Crippen molar-refractivity contribution in [2.24, 2.45) is 5.10 Å². The van der Waals surface area contributed by atoms with E-state index in [2.05, 4.69) is 10.5 Å².